The van der Waals surface area contributed by atoms with Gasteiger partial charge in [-0.15, -0.1) is 0 Å². The quantitative estimate of drug-likeness (QED) is 0.415. The number of hydrogen-bond acceptors (Lipinski definition) is 8. The van der Waals surface area contributed by atoms with Gasteiger partial charge in [-0.1, -0.05) is 23.7 Å². The van der Waals surface area contributed by atoms with Crippen molar-refractivity contribution in [2.75, 3.05) is 10.7 Å². The van der Waals surface area contributed by atoms with E-state index in [4.69, 9.17) is 16.0 Å². The van der Waals surface area contributed by atoms with E-state index in [1.54, 1.807) is 30.3 Å². The second-order valence-electron chi connectivity index (χ2n) is 5.21. The topological polar surface area (TPSA) is 135 Å². The molecule has 0 fully saturated rings. The van der Waals surface area contributed by atoms with Crippen molar-refractivity contribution in [1.82, 2.24) is 15.4 Å². The van der Waals surface area contributed by atoms with Crippen molar-refractivity contribution >= 4 is 34.8 Å². The highest BCUT2D eigenvalue weighted by molar-refractivity contribution is 6.30. The third-order valence-electron chi connectivity index (χ3n) is 3.42. The Balaban J connectivity index is 1.74. The summed E-state index contributed by atoms with van der Waals surface area (Å²) in [7, 11) is 0. The maximum Gasteiger partial charge on any atom is 0.354 e. The smallest absolute Gasteiger partial charge is 0.354 e. The second-order valence-corrected chi connectivity index (χ2v) is 5.65. The maximum absolute atomic E-state index is 11.9. The fourth-order valence-corrected chi connectivity index (χ4v) is 2.27. The summed E-state index contributed by atoms with van der Waals surface area (Å²) in [4.78, 5) is 30.4. The number of carbonyl (C=O) groups is 1. The number of halogens is 1. The summed E-state index contributed by atoms with van der Waals surface area (Å²) in [5.74, 6) is -0.739. The number of hydrogen-bond donors (Lipinski definition) is 3. The van der Waals surface area contributed by atoms with Crippen LogP contribution in [0.1, 0.15) is 16.1 Å². The number of carbonyl (C=O) groups excluding carboxylic acids is 1. The minimum absolute atomic E-state index is 0.000280. The Hall–Kier alpha value is -3.66. The summed E-state index contributed by atoms with van der Waals surface area (Å²) in [5, 5.41) is 14.9. The van der Waals surface area contributed by atoms with E-state index < -0.39 is 16.5 Å². The molecule has 0 spiro atoms. The van der Waals surface area contributed by atoms with Crippen LogP contribution in [0.5, 0.6) is 0 Å². The van der Waals surface area contributed by atoms with Gasteiger partial charge in [0.15, 0.2) is 5.76 Å². The largest absolute Gasteiger partial charge is 0.459 e. The molecule has 0 bridgehead atoms. The first kappa shape index (κ1) is 18.1. The summed E-state index contributed by atoms with van der Waals surface area (Å²) < 4.78 is 4.94. The van der Waals surface area contributed by atoms with Crippen LogP contribution in [0.25, 0.3) is 0 Å². The molecule has 1 amide bonds. The van der Waals surface area contributed by atoms with E-state index in [-0.39, 0.29) is 23.9 Å². The zero-order valence-corrected chi connectivity index (χ0v) is 14.4. The lowest BCUT2D eigenvalue weighted by atomic mass is 10.2. The monoisotopic (exact) mass is 388 g/mol. The zero-order chi connectivity index (χ0) is 19.2. The Bertz CT molecular complexity index is 946. The number of furan rings is 1. The van der Waals surface area contributed by atoms with Gasteiger partial charge in [-0.25, -0.2) is 9.97 Å². The molecule has 0 aliphatic heterocycles. The third kappa shape index (κ3) is 4.50. The highest BCUT2D eigenvalue weighted by Crippen LogP contribution is 2.28. The number of nitrogens with one attached hydrogen (secondary N) is 3. The van der Waals surface area contributed by atoms with Crippen molar-refractivity contribution < 1.29 is 14.1 Å². The van der Waals surface area contributed by atoms with Crippen LogP contribution in [0.2, 0.25) is 5.02 Å². The second kappa shape index (κ2) is 8.15. The summed E-state index contributed by atoms with van der Waals surface area (Å²) in [6.45, 7) is 0.285. The van der Waals surface area contributed by atoms with E-state index in [2.05, 4.69) is 26.1 Å². The predicted octanol–water partition coefficient (Wildman–Crippen LogP) is 3.00. The standard InChI is InChI=1S/C16H13ClN6O4/c17-11-5-3-10(4-6-11)8-18-14-13(23(25)26)15(20-9-19-14)21-22-16(24)12-2-1-7-27-12/h1-7,9H,8H2,(H,22,24)(H2,18,19,20,21). The van der Waals surface area contributed by atoms with Gasteiger partial charge in [0.1, 0.15) is 6.33 Å². The van der Waals surface area contributed by atoms with E-state index in [1.165, 1.54) is 12.3 Å². The Morgan fingerprint density at radius 1 is 1.19 bits per heavy atom. The van der Waals surface area contributed by atoms with E-state index in [0.29, 0.717) is 5.02 Å². The van der Waals surface area contributed by atoms with Gasteiger partial charge in [-0.3, -0.25) is 25.8 Å². The van der Waals surface area contributed by atoms with Crippen LogP contribution in [-0.2, 0) is 6.54 Å². The van der Waals surface area contributed by atoms with E-state index in [0.717, 1.165) is 11.9 Å². The highest BCUT2D eigenvalue weighted by atomic mass is 35.5. The first-order valence-electron chi connectivity index (χ1n) is 7.62. The molecule has 0 aliphatic carbocycles. The van der Waals surface area contributed by atoms with E-state index >= 15 is 0 Å². The molecule has 27 heavy (non-hydrogen) atoms. The Kier molecular flexibility index (Phi) is 5.47. The van der Waals surface area contributed by atoms with Crippen molar-refractivity contribution in [2.24, 2.45) is 0 Å². The number of benzene rings is 1. The van der Waals surface area contributed by atoms with Crippen molar-refractivity contribution in [3.05, 3.63) is 75.4 Å². The summed E-state index contributed by atoms with van der Waals surface area (Å²) in [6, 6.07) is 9.98. The molecule has 2 heterocycles. The van der Waals surface area contributed by atoms with Gasteiger partial charge in [0.05, 0.1) is 11.2 Å². The molecule has 0 atom stereocenters. The van der Waals surface area contributed by atoms with E-state index in [9.17, 15) is 14.9 Å². The minimum atomic E-state index is -0.647. The average Bonchev–Trinajstić information content (AvgIpc) is 3.20. The molecule has 3 rings (SSSR count). The minimum Gasteiger partial charge on any atom is -0.459 e. The highest BCUT2D eigenvalue weighted by Gasteiger charge is 2.23. The van der Waals surface area contributed by atoms with Gasteiger partial charge in [0, 0.05) is 11.6 Å². The maximum atomic E-state index is 11.9. The molecule has 3 aromatic rings. The van der Waals surface area contributed by atoms with Crippen molar-refractivity contribution in [1.29, 1.82) is 0 Å². The average molecular weight is 389 g/mol. The summed E-state index contributed by atoms with van der Waals surface area (Å²) >= 11 is 5.83. The number of hydrazine groups is 1. The van der Waals surface area contributed by atoms with Gasteiger partial charge in [0.2, 0.25) is 11.6 Å². The zero-order valence-electron chi connectivity index (χ0n) is 13.7. The number of rotatable bonds is 7. The van der Waals surface area contributed by atoms with Crippen LogP contribution >= 0.6 is 11.6 Å². The van der Waals surface area contributed by atoms with Crippen LogP contribution in [0.15, 0.2) is 53.4 Å². The lowest BCUT2D eigenvalue weighted by Gasteiger charge is -2.10. The van der Waals surface area contributed by atoms with E-state index in [1.807, 2.05) is 0 Å². The molecule has 138 valence electrons. The summed E-state index contributed by atoms with van der Waals surface area (Å²) in [6.07, 6.45) is 2.47. The number of anilines is 2. The molecule has 0 unspecified atom stereocenters. The Labute approximate surface area is 157 Å². The molecule has 11 heteroatoms. The third-order valence-corrected chi connectivity index (χ3v) is 3.67. The molecule has 1 aromatic carbocycles. The number of aromatic nitrogens is 2. The SMILES string of the molecule is O=C(NNc1ncnc(NCc2ccc(Cl)cc2)c1[N+](=O)[O-])c1ccco1. The van der Waals surface area contributed by atoms with Crippen LogP contribution < -0.4 is 16.2 Å². The molecule has 2 aromatic heterocycles. The van der Waals surface area contributed by atoms with Gasteiger partial charge >= 0.3 is 11.6 Å². The van der Waals surface area contributed by atoms with Crippen LogP contribution in [0.3, 0.4) is 0 Å². The lowest BCUT2D eigenvalue weighted by molar-refractivity contribution is -0.383. The van der Waals surface area contributed by atoms with Gasteiger partial charge in [-0.2, -0.15) is 0 Å². The van der Waals surface area contributed by atoms with Crippen molar-refractivity contribution in [3.8, 4) is 0 Å². The molecule has 3 N–H and O–H groups in total. The van der Waals surface area contributed by atoms with Crippen LogP contribution in [-0.4, -0.2) is 20.8 Å². The van der Waals surface area contributed by atoms with Crippen LogP contribution in [0, 0.1) is 10.1 Å². The van der Waals surface area contributed by atoms with Crippen molar-refractivity contribution in [2.45, 2.75) is 6.54 Å². The number of nitrogens with zero attached hydrogens (tertiary/aromatic N) is 3. The molecular formula is C16H13ClN6O4. The fraction of sp³-hybridized carbons (Fsp3) is 0.0625. The van der Waals surface area contributed by atoms with Gasteiger partial charge in [0.25, 0.3) is 0 Å². The van der Waals surface area contributed by atoms with Crippen LogP contribution in [0.4, 0.5) is 17.3 Å². The molecule has 0 radical (unpaired) electrons. The molecule has 0 saturated heterocycles. The number of amides is 1. The Morgan fingerprint density at radius 3 is 2.59 bits per heavy atom. The molecular weight excluding hydrogens is 376 g/mol. The molecule has 0 saturated carbocycles. The number of nitro groups is 1. The Morgan fingerprint density at radius 2 is 1.93 bits per heavy atom. The first-order chi connectivity index (χ1) is 13.0. The predicted molar refractivity (Wildman–Crippen MR) is 97.3 cm³/mol. The first-order valence-corrected chi connectivity index (χ1v) is 8.00. The van der Waals surface area contributed by atoms with Gasteiger partial charge < -0.3 is 9.73 Å². The fourth-order valence-electron chi connectivity index (χ4n) is 2.15. The molecule has 10 nitrogen and oxygen atoms in total. The molecule has 0 aliphatic rings. The van der Waals surface area contributed by atoms with Gasteiger partial charge in [-0.05, 0) is 29.8 Å². The lowest BCUT2D eigenvalue weighted by Crippen LogP contribution is -2.30. The van der Waals surface area contributed by atoms with Crippen molar-refractivity contribution in [3.63, 3.8) is 0 Å². The normalized spacial score (nSPS) is 10.3. The summed E-state index contributed by atoms with van der Waals surface area (Å²) in [5.41, 5.74) is 5.15.